The largest absolute Gasteiger partial charge is 0.412 e. The monoisotopic (exact) mass is 76.0 g/mol. The third-order valence-electron chi connectivity index (χ3n) is 0. The van der Waals surface area contributed by atoms with E-state index in [0.29, 0.717) is 0 Å². The highest BCUT2D eigenvalue weighted by Crippen LogP contribution is 0.421. The lowest BCUT2D eigenvalue weighted by molar-refractivity contribution is 0.823. The lowest BCUT2D eigenvalue weighted by Gasteiger charge is -0.413. The Kier molecular flexibility index (Phi) is 27500. The van der Waals surface area contributed by atoms with Crippen LogP contribution in [0.2, 0.25) is 0 Å². The van der Waals surface area contributed by atoms with Gasteiger partial charge in [0.05, 0.1) is 0 Å². The Morgan fingerprint density at radius 3 is 0.500 bits per heavy atom. The van der Waals surface area contributed by atoms with Crippen molar-refractivity contribution in [1.29, 1.82) is 0 Å². The summed E-state index contributed by atoms with van der Waals surface area (Å²) in [6.45, 7) is 0. The van der Waals surface area contributed by atoms with Gasteiger partial charge in [0.1, 0.15) is 0 Å². The predicted molar refractivity (Wildman–Crippen MR) is 12.2 cm³/mol. The lowest BCUT2D eigenvalue weighted by atomic mass is 16.0. The second-order valence-electron chi connectivity index (χ2n) is 0. The van der Waals surface area contributed by atoms with E-state index >= 15 is 0 Å². The highest BCUT2D eigenvalue weighted by atomic mass is 19.0. The Labute approximate surface area is 21.8 Å². The molecule has 32 valence electrons. The standard InChI is InChI=1S/2FH.2H2O/h2*1H;2*1H2. The fourth-order valence-corrected chi connectivity index (χ4v) is 0. The highest BCUT2D eigenvalue weighted by molar-refractivity contribution is 1.11. The molecule has 0 spiro atoms. The maximum atomic E-state index is 0. The minimum atomic E-state index is 0. The first kappa shape index (κ1) is 604. The zero-order chi connectivity index (χ0) is 0. The fraction of sp³-hybridized carbons (Fsp3) is 0. The van der Waals surface area contributed by atoms with Gasteiger partial charge in [-0.15, -0.1) is 0 Å². The van der Waals surface area contributed by atoms with E-state index in [0.717, 1.165) is 0 Å². The van der Waals surface area contributed by atoms with Crippen LogP contribution in [0.3, 0.4) is 0 Å². The van der Waals surface area contributed by atoms with Crippen molar-refractivity contribution in [2.75, 3.05) is 0 Å². The van der Waals surface area contributed by atoms with Gasteiger partial charge in [0.2, 0.25) is 0 Å². The molecule has 0 aromatic heterocycles. The van der Waals surface area contributed by atoms with Crippen LogP contribution in [0.4, 0.5) is 9.41 Å². The molecule has 0 aromatic carbocycles. The molecule has 0 aliphatic carbocycles. The Morgan fingerprint density at radius 1 is 0.500 bits per heavy atom. The van der Waals surface area contributed by atoms with Gasteiger partial charge < -0.3 is 11.0 Å². The normalized spacial score (nSPS) is 0. The van der Waals surface area contributed by atoms with E-state index in [1.807, 2.05) is 0 Å². The SMILES string of the molecule is F.F.O.O. The third kappa shape index (κ3) is 22.4. The van der Waals surface area contributed by atoms with Crippen molar-refractivity contribution in [3.8, 4) is 0 Å². The van der Waals surface area contributed by atoms with E-state index in [1.54, 1.807) is 0 Å². The second kappa shape index (κ2) is 182. The van der Waals surface area contributed by atoms with E-state index in [-0.39, 0.29) is 20.4 Å². The van der Waals surface area contributed by atoms with Gasteiger partial charge in [-0.2, -0.15) is 0 Å². The van der Waals surface area contributed by atoms with Gasteiger partial charge in [0.25, 0.3) is 0 Å². The Morgan fingerprint density at radius 2 is 0.500 bits per heavy atom. The smallest absolute Gasteiger partial charge is 0.269 e. The molecule has 0 radical (unpaired) electrons. The third-order valence-corrected chi connectivity index (χ3v) is 0. The lowest BCUT2D eigenvalue weighted by Crippen LogP contribution is -0.290. The highest BCUT2D eigenvalue weighted by Gasteiger charge is -0.268. The molecule has 0 saturated heterocycles. The Bertz CT molecular complexity index is 4.00. The summed E-state index contributed by atoms with van der Waals surface area (Å²) >= 11 is 0. The number of hydrogen-bond donors (Lipinski definition) is 0. The number of rotatable bonds is 0. The van der Waals surface area contributed by atoms with Gasteiger partial charge in [-0.1, -0.05) is 0 Å². The molecule has 0 bridgehead atoms. The van der Waals surface area contributed by atoms with E-state index in [2.05, 4.69) is 0 Å². The fourth-order valence-electron chi connectivity index (χ4n) is 0. The van der Waals surface area contributed by atoms with Crippen LogP contribution < -0.4 is 0 Å². The van der Waals surface area contributed by atoms with Crippen LogP contribution in [0.5, 0.6) is 0 Å². The van der Waals surface area contributed by atoms with Crippen LogP contribution >= 0.6 is 0 Å². The zero-order valence-electron chi connectivity index (χ0n) is 1.82. The topological polar surface area (TPSA) is 63.0 Å². The van der Waals surface area contributed by atoms with Gasteiger partial charge in [-0.05, 0) is 0 Å². The minimum absolute atomic E-state index is 0. The molecule has 0 aliphatic heterocycles. The quantitative estimate of drug-likeness (QED) is 0.342. The van der Waals surface area contributed by atoms with Crippen molar-refractivity contribution in [2.45, 2.75) is 0 Å². The molecule has 0 amide bonds. The second-order valence-corrected chi connectivity index (χ2v) is 0. The maximum Gasteiger partial charge on any atom is -0.269 e. The summed E-state index contributed by atoms with van der Waals surface area (Å²) in [7, 11) is 0. The van der Waals surface area contributed by atoms with Crippen molar-refractivity contribution in [3.63, 3.8) is 0 Å². The molecule has 0 heterocycles. The maximum absolute atomic E-state index is 0. The molecule has 4 N–H and O–H groups in total. The summed E-state index contributed by atoms with van der Waals surface area (Å²) in [6.07, 6.45) is 0. The number of halogens is 2. The molecule has 0 saturated carbocycles. The molecular formula is H6F2O2. The van der Waals surface area contributed by atoms with Crippen LogP contribution in [0.15, 0.2) is 0 Å². The van der Waals surface area contributed by atoms with E-state index in [9.17, 15) is 0 Å². The molecule has 4 heteroatoms. The summed E-state index contributed by atoms with van der Waals surface area (Å²) < 4.78 is 0. The van der Waals surface area contributed by atoms with Gasteiger partial charge >= 0.3 is 0 Å². The average Bonchev–Trinajstić information content (AvgIpc) is 0. The molecule has 0 aromatic rings. The van der Waals surface area contributed by atoms with E-state index in [4.69, 9.17) is 0 Å². The van der Waals surface area contributed by atoms with Crippen molar-refractivity contribution in [3.05, 3.63) is 0 Å². The van der Waals surface area contributed by atoms with Crippen molar-refractivity contribution >= 4 is 0 Å². The molecular weight excluding hydrogens is 70.0 g/mol. The summed E-state index contributed by atoms with van der Waals surface area (Å²) in [4.78, 5) is 0. The molecule has 0 atom stereocenters. The van der Waals surface area contributed by atoms with Gasteiger partial charge in [0.15, 0.2) is 0 Å². The minimum Gasteiger partial charge on any atom is -0.412 e. The van der Waals surface area contributed by atoms with Gasteiger partial charge in [-0.3, -0.25) is 9.41 Å². The molecule has 0 rings (SSSR count). The summed E-state index contributed by atoms with van der Waals surface area (Å²) in [5, 5.41) is 0. The molecule has 0 aliphatic rings. The first-order chi connectivity index (χ1) is 0. The average molecular weight is 76.0 g/mol. The zero-order valence-corrected chi connectivity index (χ0v) is 1.82. The number of hydrogen-bond acceptors (Lipinski definition) is 0. The summed E-state index contributed by atoms with van der Waals surface area (Å²) in [5.41, 5.74) is 0. The summed E-state index contributed by atoms with van der Waals surface area (Å²) in [6, 6.07) is 0. The summed E-state index contributed by atoms with van der Waals surface area (Å²) in [5.74, 6) is 0. The van der Waals surface area contributed by atoms with Gasteiger partial charge in [0, 0.05) is 0 Å². The first-order valence-electron chi connectivity index (χ1n) is 0. The molecule has 4 heavy (non-hydrogen) atoms. The van der Waals surface area contributed by atoms with Crippen LogP contribution in [-0.4, -0.2) is 11.0 Å². The molecule has 2 nitrogen and oxygen atoms in total. The van der Waals surface area contributed by atoms with Crippen LogP contribution in [0.1, 0.15) is 0 Å². The predicted octanol–water partition coefficient (Wildman–Crippen LogP) is -1.34. The van der Waals surface area contributed by atoms with E-state index in [1.165, 1.54) is 0 Å². The molecule has 0 fully saturated rings. The Balaban J connectivity index is 0. The van der Waals surface area contributed by atoms with Crippen LogP contribution in [0.25, 0.3) is 0 Å². The first-order valence-corrected chi connectivity index (χ1v) is 0. The van der Waals surface area contributed by atoms with Crippen molar-refractivity contribution in [2.24, 2.45) is 0 Å². The van der Waals surface area contributed by atoms with Crippen LogP contribution in [-0.2, 0) is 0 Å². The van der Waals surface area contributed by atoms with E-state index < -0.39 is 0 Å². The van der Waals surface area contributed by atoms with Crippen molar-refractivity contribution in [1.82, 2.24) is 0 Å². The van der Waals surface area contributed by atoms with Gasteiger partial charge in [-0.25, -0.2) is 0 Å². The molecule has 0 unspecified atom stereocenters. The van der Waals surface area contributed by atoms with Crippen molar-refractivity contribution < 1.29 is 20.4 Å². The van der Waals surface area contributed by atoms with Crippen LogP contribution in [0, 0.1) is 0 Å². The Hall–Kier alpha value is -0.220.